The van der Waals surface area contributed by atoms with E-state index in [0.717, 1.165) is 5.56 Å². The van der Waals surface area contributed by atoms with Crippen LogP contribution < -0.4 is 5.32 Å². The van der Waals surface area contributed by atoms with Crippen molar-refractivity contribution in [2.45, 2.75) is 12.5 Å². The largest absolute Gasteiger partial charge is 0.394 e. The van der Waals surface area contributed by atoms with Gasteiger partial charge in [-0.3, -0.25) is 0 Å². The van der Waals surface area contributed by atoms with E-state index in [4.69, 9.17) is 11.6 Å². The fourth-order valence-corrected chi connectivity index (χ4v) is 1.78. The van der Waals surface area contributed by atoms with Gasteiger partial charge in [-0.2, -0.15) is 0 Å². The summed E-state index contributed by atoms with van der Waals surface area (Å²) in [7, 11) is 0. The van der Waals surface area contributed by atoms with Crippen LogP contribution in [0.4, 0.5) is 5.82 Å². The third-order valence-corrected chi connectivity index (χ3v) is 2.96. The molecule has 0 saturated heterocycles. The van der Waals surface area contributed by atoms with Crippen LogP contribution in [0.5, 0.6) is 0 Å². The number of hydrogen-bond acceptors (Lipinski definition) is 4. The highest BCUT2D eigenvalue weighted by molar-refractivity contribution is 6.29. The molecular formula is C13H14ClN3O. The van der Waals surface area contributed by atoms with Gasteiger partial charge in [-0.05, 0) is 24.6 Å². The topological polar surface area (TPSA) is 58.0 Å². The van der Waals surface area contributed by atoms with Crippen LogP contribution in [0.1, 0.15) is 12.5 Å². The minimum atomic E-state index is -0.607. The van der Waals surface area contributed by atoms with Crippen LogP contribution in [0.3, 0.4) is 0 Å². The Labute approximate surface area is 111 Å². The number of benzene rings is 1. The standard InChI is InChI=1S/C13H14ClN3O/c1-13(9-18,10-5-3-2-4-6-10)15-12-8-7-11(14)16-17-12/h2-8,18H,9H2,1H3,(H,15,17). The molecule has 1 unspecified atom stereocenters. The Hall–Kier alpha value is -1.65. The van der Waals surface area contributed by atoms with E-state index in [1.165, 1.54) is 0 Å². The highest BCUT2D eigenvalue weighted by Crippen LogP contribution is 2.24. The van der Waals surface area contributed by atoms with Gasteiger partial charge in [-0.1, -0.05) is 41.9 Å². The number of hydrogen-bond donors (Lipinski definition) is 2. The molecule has 0 aliphatic rings. The second-order valence-corrected chi connectivity index (χ2v) is 4.61. The number of rotatable bonds is 4. The highest BCUT2D eigenvalue weighted by Gasteiger charge is 2.25. The van der Waals surface area contributed by atoms with Gasteiger partial charge >= 0.3 is 0 Å². The first kappa shape index (κ1) is 12.8. The van der Waals surface area contributed by atoms with E-state index in [9.17, 15) is 5.11 Å². The molecule has 0 spiro atoms. The summed E-state index contributed by atoms with van der Waals surface area (Å²) < 4.78 is 0. The van der Waals surface area contributed by atoms with Gasteiger partial charge in [0.05, 0.1) is 12.1 Å². The molecule has 0 saturated carbocycles. The molecule has 2 N–H and O–H groups in total. The predicted molar refractivity (Wildman–Crippen MR) is 71.5 cm³/mol. The molecular weight excluding hydrogens is 250 g/mol. The molecule has 0 amide bonds. The maximum atomic E-state index is 9.62. The van der Waals surface area contributed by atoms with Gasteiger partial charge in [-0.15, -0.1) is 10.2 Å². The van der Waals surface area contributed by atoms with Gasteiger partial charge in [0.2, 0.25) is 0 Å². The summed E-state index contributed by atoms with van der Waals surface area (Å²) in [5, 5.41) is 20.8. The number of anilines is 1. The number of aromatic nitrogens is 2. The molecule has 0 aliphatic carbocycles. The summed E-state index contributed by atoms with van der Waals surface area (Å²) in [5.41, 5.74) is 0.369. The summed E-state index contributed by atoms with van der Waals surface area (Å²) in [5.74, 6) is 0.569. The summed E-state index contributed by atoms with van der Waals surface area (Å²) in [6.45, 7) is 1.85. The fourth-order valence-electron chi connectivity index (χ4n) is 1.67. The number of nitrogens with zero attached hydrogens (tertiary/aromatic N) is 2. The van der Waals surface area contributed by atoms with Gasteiger partial charge < -0.3 is 10.4 Å². The maximum absolute atomic E-state index is 9.62. The first-order valence-corrected chi connectivity index (χ1v) is 5.96. The minimum absolute atomic E-state index is 0.0542. The van der Waals surface area contributed by atoms with Gasteiger partial charge in [-0.25, -0.2) is 0 Å². The third kappa shape index (κ3) is 2.78. The Morgan fingerprint density at radius 1 is 1.17 bits per heavy atom. The normalized spacial score (nSPS) is 13.9. The molecule has 18 heavy (non-hydrogen) atoms. The lowest BCUT2D eigenvalue weighted by Crippen LogP contribution is -2.36. The predicted octanol–water partition coefficient (Wildman–Crippen LogP) is 2.45. The van der Waals surface area contributed by atoms with Gasteiger partial charge in [0, 0.05) is 0 Å². The molecule has 1 aromatic carbocycles. The van der Waals surface area contributed by atoms with Crippen molar-refractivity contribution in [2.75, 3.05) is 11.9 Å². The number of aliphatic hydroxyl groups excluding tert-OH is 1. The van der Waals surface area contributed by atoms with E-state index >= 15 is 0 Å². The monoisotopic (exact) mass is 263 g/mol. The molecule has 0 aliphatic heterocycles. The van der Waals surface area contributed by atoms with Gasteiger partial charge in [0.25, 0.3) is 0 Å². The molecule has 0 radical (unpaired) electrons. The Morgan fingerprint density at radius 3 is 2.44 bits per heavy atom. The number of nitrogens with one attached hydrogen (secondary N) is 1. The Morgan fingerprint density at radius 2 is 1.89 bits per heavy atom. The number of halogens is 1. The number of aliphatic hydroxyl groups is 1. The third-order valence-electron chi connectivity index (χ3n) is 2.76. The summed E-state index contributed by atoms with van der Waals surface area (Å²) in [6, 6.07) is 13.1. The fraction of sp³-hybridized carbons (Fsp3) is 0.231. The zero-order valence-corrected chi connectivity index (χ0v) is 10.7. The highest BCUT2D eigenvalue weighted by atomic mass is 35.5. The molecule has 5 heteroatoms. The zero-order chi connectivity index (χ0) is 13.0. The van der Waals surface area contributed by atoms with Crippen molar-refractivity contribution in [1.29, 1.82) is 0 Å². The van der Waals surface area contributed by atoms with Crippen molar-refractivity contribution in [1.82, 2.24) is 10.2 Å². The first-order chi connectivity index (χ1) is 8.64. The lowest BCUT2D eigenvalue weighted by atomic mass is 9.93. The second-order valence-electron chi connectivity index (χ2n) is 4.22. The van der Waals surface area contributed by atoms with Gasteiger partial charge in [0.15, 0.2) is 5.15 Å². The second kappa shape index (κ2) is 5.33. The van der Waals surface area contributed by atoms with Crippen LogP contribution in [0, 0.1) is 0 Å². The molecule has 0 fully saturated rings. The zero-order valence-electron chi connectivity index (χ0n) is 9.97. The van der Waals surface area contributed by atoms with Gasteiger partial charge in [0.1, 0.15) is 5.82 Å². The molecule has 4 nitrogen and oxygen atoms in total. The van der Waals surface area contributed by atoms with Crippen molar-refractivity contribution in [3.8, 4) is 0 Å². The van der Waals surface area contributed by atoms with Crippen LogP contribution in [-0.2, 0) is 5.54 Å². The van der Waals surface area contributed by atoms with Crippen molar-refractivity contribution >= 4 is 17.4 Å². The molecule has 0 bridgehead atoms. The van der Waals surface area contributed by atoms with E-state index in [0.29, 0.717) is 11.0 Å². The summed E-state index contributed by atoms with van der Waals surface area (Å²) in [6.07, 6.45) is 0. The van der Waals surface area contributed by atoms with Crippen molar-refractivity contribution in [3.63, 3.8) is 0 Å². The van der Waals surface area contributed by atoms with E-state index in [2.05, 4.69) is 15.5 Å². The average Bonchev–Trinajstić information content (AvgIpc) is 2.42. The Balaban J connectivity index is 2.26. The lowest BCUT2D eigenvalue weighted by molar-refractivity contribution is 0.223. The smallest absolute Gasteiger partial charge is 0.151 e. The van der Waals surface area contributed by atoms with E-state index in [1.54, 1.807) is 12.1 Å². The molecule has 1 aromatic heterocycles. The van der Waals surface area contributed by atoms with Crippen LogP contribution in [0.15, 0.2) is 42.5 Å². The average molecular weight is 264 g/mol. The van der Waals surface area contributed by atoms with Crippen molar-refractivity contribution in [3.05, 3.63) is 53.2 Å². The van der Waals surface area contributed by atoms with Crippen LogP contribution in [0.25, 0.3) is 0 Å². The molecule has 1 heterocycles. The van der Waals surface area contributed by atoms with E-state index in [1.807, 2.05) is 37.3 Å². The Bertz CT molecular complexity index is 503. The van der Waals surface area contributed by atoms with E-state index < -0.39 is 5.54 Å². The van der Waals surface area contributed by atoms with E-state index in [-0.39, 0.29) is 6.61 Å². The SMILES string of the molecule is CC(CO)(Nc1ccc(Cl)nn1)c1ccccc1. The van der Waals surface area contributed by atoms with Crippen molar-refractivity contribution < 1.29 is 5.11 Å². The molecule has 2 rings (SSSR count). The van der Waals surface area contributed by atoms with Crippen LogP contribution in [0.2, 0.25) is 5.15 Å². The van der Waals surface area contributed by atoms with Crippen molar-refractivity contribution in [2.24, 2.45) is 0 Å². The molecule has 2 aromatic rings. The summed E-state index contributed by atoms with van der Waals surface area (Å²) >= 11 is 5.68. The molecule has 1 atom stereocenters. The first-order valence-electron chi connectivity index (χ1n) is 5.58. The quantitative estimate of drug-likeness (QED) is 0.890. The van der Waals surface area contributed by atoms with Crippen LogP contribution in [-0.4, -0.2) is 21.9 Å². The lowest BCUT2D eigenvalue weighted by Gasteiger charge is -2.29. The Kier molecular flexibility index (Phi) is 3.79. The maximum Gasteiger partial charge on any atom is 0.151 e. The molecule has 94 valence electrons. The van der Waals surface area contributed by atoms with Crippen LogP contribution >= 0.6 is 11.6 Å². The minimum Gasteiger partial charge on any atom is -0.394 e. The summed E-state index contributed by atoms with van der Waals surface area (Å²) in [4.78, 5) is 0.